The van der Waals surface area contributed by atoms with Crippen molar-refractivity contribution in [1.82, 2.24) is 34.6 Å². The number of benzene rings is 4. The molecule has 10 nitrogen and oxygen atoms in total. The molecule has 4 aliphatic rings. The molecule has 1 saturated heterocycles. The van der Waals surface area contributed by atoms with Crippen molar-refractivity contribution in [3.63, 3.8) is 0 Å². The minimum atomic E-state index is -0.995. The first-order valence-corrected chi connectivity index (χ1v) is 26.1. The summed E-state index contributed by atoms with van der Waals surface area (Å²) in [6.45, 7) is 3.24. The van der Waals surface area contributed by atoms with Crippen LogP contribution in [0.3, 0.4) is 0 Å². The normalized spacial score (nSPS) is 16.1. The van der Waals surface area contributed by atoms with Gasteiger partial charge in [-0.1, -0.05) is 92.4 Å². The second kappa shape index (κ2) is 27.5. The van der Waals surface area contributed by atoms with E-state index in [1.54, 1.807) is 0 Å². The smallest absolute Gasteiger partial charge is 0.685 e. The van der Waals surface area contributed by atoms with Crippen LogP contribution in [0.5, 0.6) is 0 Å². The third-order valence-corrected chi connectivity index (χ3v) is 14.6. The van der Waals surface area contributed by atoms with Crippen molar-refractivity contribution in [2.75, 3.05) is 54.9 Å². The molecule has 0 radical (unpaired) electrons. The zero-order chi connectivity index (χ0) is 56.4. The summed E-state index contributed by atoms with van der Waals surface area (Å²) in [5.41, 5.74) is -2.40. The Morgan fingerprint density at radius 1 is 0.482 bits per heavy atom. The van der Waals surface area contributed by atoms with Crippen molar-refractivity contribution in [2.24, 2.45) is 0 Å². The summed E-state index contributed by atoms with van der Waals surface area (Å²) in [6.07, 6.45) is 16.5. The van der Waals surface area contributed by atoms with Crippen molar-refractivity contribution in [2.45, 2.75) is 43.8 Å². The molecule has 7 aromatic rings. The van der Waals surface area contributed by atoms with E-state index in [1.807, 2.05) is 6.20 Å². The molecule has 3 aromatic heterocycles. The number of likely N-dealkylation sites (N-methyl/N-ethyl adjacent to an activating group) is 1. The van der Waals surface area contributed by atoms with Gasteiger partial charge >= 0.3 is 34.1 Å². The molecular formula is C63H57CuF8FeN9O-. The molecule has 83 heavy (non-hydrogen) atoms. The second-order valence-corrected chi connectivity index (χ2v) is 20.3. The Hall–Kier alpha value is -7.12. The van der Waals surface area contributed by atoms with Gasteiger partial charge in [-0.25, -0.2) is 45.1 Å². The van der Waals surface area contributed by atoms with Gasteiger partial charge in [0.1, 0.15) is 46.5 Å². The van der Waals surface area contributed by atoms with Crippen molar-refractivity contribution in [3.8, 4) is 44.5 Å². The van der Waals surface area contributed by atoms with Crippen molar-refractivity contribution in [3.05, 3.63) is 201 Å². The van der Waals surface area contributed by atoms with Crippen molar-refractivity contribution in [1.29, 1.82) is 0 Å². The Morgan fingerprint density at radius 3 is 1.17 bits per heavy atom. The third-order valence-electron chi connectivity index (χ3n) is 14.6. The van der Waals surface area contributed by atoms with Gasteiger partial charge in [0.2, 0.25) is 0 Å². The molecule has 0 aliphatic carbocycles. The molecule has 0 amide bonds. The van der Waals surface area contributed by atoms with Crippen LogP contribution in [-0.4, -0.2) is 103 Å². The number of nitrogens with zero attached hydrogens (tertiary/aromatic N) is 9. The third kappa shape index (κ3) is 13.6. The predicted octanol–water partition coefficient (Wildman–Crippen LogP) is 13.7. The van der Waals surface area contributed by atoms with E-state index in [0.29, 0.717) is 18.1 Å². The van der Waals surface area contributed by atoms with Crippen LogP contribution >= 0.6 is 0 Å². The largest absolute Gasteiger partial charge is 2.00 e. The van der Waals surface area contributed by atoms with Crippen LogP contribution in [0.25, 0.3) is 102 Å². The van der Waals surface area contributed by atoms with E-state index >= 15 is 35.1 Å². The molecule has 0 spiro atoms. The van der Waals surface area contributed by atoms with Gasteiger partial charge in [0.15, 0.2) is 0 Å². The molecule has 8 bridgehead atoms. The molecule has 3 atom stereocenters. The quantitative estimate of drug-likeness (QED) is 0.0881. The van der Waals surface area contributed by atoms with Crippen LogP contribution in [0, 0.1) is 46.5 Å². The first kappa shape index (κ1) is 63.5. The fourth-order valence-electron chi connectivity index (χ4n) is 10.5. The maximum absolute atomic E-state index is 15.7. The standard InChI is InChI=1S/C44H20F8N4.C19H35N5.Cu.Fe.H2O/c45-21-5-1-6-22(46)37(21)41-29-13-15-31(53-29)42(38-23(47)7-2-8-24(38)48)33-17-19-35(55-33)44(40-27(51)11-4-12-28(40)52)36-20-18-34(56-36)43(32-16-14-30(41)54-32)39-25(49)9-3-10-26(39)50;1-22(2)18-6-10-20-16(14-18)8-12-24(5)13-9-17-15-19(23(3)4)7-11-21-17;;;/h1-20H;6,10,14,16-17,19H,7-9,11-13,15H2,1-5H3;;;1H2/q2*-2;+1;+2;. The number of aromatic nitrogens is 4. The van der Waals surface area contributed by atoms with Crippen LogP contribution < -0.4 is 9.97 Å². The summed E-state index contributed by atoms with van der Waals surface area (Å²) in [6, 6.07) is 19.8. The molecule has 4 aliphatic heterocycles. The van der Waals surface area contributed by atoms with E-state index in [2.05, 4.69) is 87.3 Å². The topological polar surface area (TPSA) is 123 Å². The van der Waals surface area contributed by atoms with Gasteiger partial charge in [-0.2, -0.15) is 6.20 Å². The van der Waals surface area contributed by atoms with E-state index < -0.39 is 68.8 Å². The summed E-state index contributed by atoms with van der Waals surface area (Å²) >= 11 is 0. The molecule has 7 heterocycles. The zero-order valence-electron chi connectivity index (χ0n) is 45.7. The minimum absolute atomic E-state index is 0. The second-order valence-electron chi connectivity index (χ2n) is 20.3. The average molecular weight is 1230 g/mol. The van der Waals surface area contributed by atoms with Gasteiger partial charge in [0, 0.05) is 25.8 Å². The molecule has 4 aromatic carbocycles. The van der Waals surface area contributed by atoms with E-state index in [4.69, 9.17) is 5.32 Å². The van der Waals surface area contributed by atoms with E-state index in [0.717, 1.165) is 98.9 Å². The Bertz CT molecular complexity index is 3330. The Morgan fingerprint density at radius 2 is 0.831 bits per heavy atom. The summed E-state index contributed by atoms with van der Waals surface area (Å²) in [7, 11) is 10.8. The molecule has 2 N–H and O–H groups in total. The number of halogens is 8. The van der Waals surface area contributed by atoms with Crippen LogP contribution in [0.2, 0.25) is 0 Å². The zero-order valence-corrected chi connectivity index (χ0v) is 47.7. The first-order valence-electron chi connectivity index (χ1n) is 26.1. The number of rotatable bonds is 12. The summed E-state index contributed by atoms with van der Waals surface area (Å²) in [5, 5.41) is 9.40. The van der Waals surface area contributed by atoms with Crippen molar-refractivity contribution < 1.29 is 74.7 Å². The van der Waals surface area contributed by atoms with Crippen LogP contribution in [0.15, 0.2) is 121 Å². The van der Waals surface area contributed by atoms with Gasteiger partial charge in [0.25, 0.3) is 0 Å². The maximum Gasteiger partial charge on any atom is 2.00 e. The molecule has 3 unspecified atom stereocenters. The van der Waals surface area contributed by atoms with Gasteiger partial charge in [0.05, 0.1) is 45.0 Å². The fraction of sp³-hybridized carbons (Fsp3) is 0.238. The average Bonchev–Trinajstić information content (AvgIpc) is 2.67. The first-order chi connectivity index (χ1) is 38.5. The van der Waals surface area contributed by atoms with Gasteiger partial charge in [-0.3, -0.25) is 0 Å². The monoisotopic (exact) mass is 1230 g/mol. The van der Waals surface area contributed by atoms with Crippen LogP contribution in [0.1, 0.15) is 48.5 Å². The summed E-state index contributed by atoms with van der Waals surface area (Å²) in [5.74, 6) is -7.96. The molecule has 20 heteroatoms. The number of hydrogen-bond acceptors (Lipinski definition) is 5. The van der Waals surface area contributed by atoms with Gasteiger partial charge in [-0.15, -0.1) is 34.7 Å². The molecule has 1 fully saturated rings. The van der Waals surface area contributed by atoms with E-state index in [-0.39, 0.29) is 107 Å². The van der Waals surface area contributed by atoms with E-state index in [9.17, 15) is 0 Å². The minimum Gasteiger partial charge on any atom is -0.685 e. The molecule has 436 valence electrons. The molecule has 0 saturated carbocycles. The summed E-state index contributed by atoms with van der Waals surface area (Å²) < 4.78 is 125. The Balaban J connectivity index is 0.000000311. The van der Waals surface area contributed by atoms with Gasteiger partial charge in [-0.05, 0) is 129 Å². The fourth-order valence-corrected chi connectivity index (χ4v) is 10.5. The molecular weight excluding hydrogens is 1170 g/mol. The number of fused-ring (bicyclic) bond motifs is 8. The predicted molar refractivity (Wildman–Crippen MR) is 305 cm³/mol. The number of hydrogen-bond donors (Lipinski definition) is 0. The number of piperidine rings is 1. The SMILES string of the molecule is CN(CCC1C=C(N(C)C)C=C[N-]1)CCC1CC(N(C)C)CC[N-]1.Fc1cccc(F)c1-c1c2nc(c(-c3c(F)cccc3F)c3ccc([n-]3)c(-c3c(F)cccc3F)c3nc(c(-c4c(F)cccc4F)c4ccc1[n-]4)C=C3)C=C2.O.[Cu+].[Fe+2]. The molecule has 11 rings (SSSR count). The number of allylic oxidation sites excluding steroid dienone is 1. The summed E-state index contributed by atoms with van der Waals surface area (Å²) in [4.78, 5) is 25.4. The van der Waals surface area contributed by atoms with Crippen molar-refractivity contribution >= 4 is 46.4 Å². The van der Waals surface area contributed by atoms with Gasteiger partial charge < -0.3 is 40.8 Å². The Labute approximate surface area is 497 Å². The Kier molecular flexibility index (Phi) is 21.0. The van der Waals surface area contributed by atoms with Crippen LogP contribution in [-0.2, 0) is 34.1 Å². The maximum atomic E-state index is 15.7. The van der Waals surface area contributed by atoms with E-state index in [1.165, 1.54) is 73.5 Å². The van der Waals surface area contributed by atoms with Crippen LogP contribution in [0.4, 0.5) is 35.1 Å².